The van der Waals surface area contributed by atoms with Crippen molar-refractivity contribution in [2.24, 2.45) is 0 Å². The Hall–Kier alpha value is -3.26. The van der Waals surface area contributed by atoms with E-state index in [1.807, 2.05) is 51.1 Å². The molecule has 0 aliphatic heterocycles. The summed E-state index contributed by atoms with van der Waals surface area (Å²) in [7, 11) is 0. The van der Waals surface area contributed by atoms with Gasteiger partial charge < -0.3 is 15.7 Å². The molecule has 0 saturated carbocycles. The van der Waals surface area contributed by atoms with Gasteiger partial charge in [-0.05, 0) is 51.0 Å². The lowest BCUT2D eigenvalue weighted by molar-refractivity contribution is 0.0938. The summed E-state index contributed by atoms with van der Waals surface area (Å²) in [4.78, 5) is 18.7. The topological polar surface area (TPSA) is 105 Å². The second kappa shape index (κ2) is 9.29. The summed E-state index contributed by atoms with van der Waals surface area (Å²) in [6.45, 7) is 6.43. The maximum atomic E-state index is 12.8. The molecular formula is C21H26N6O2. The summed E-state index contributed by atoms with van der Waals surface area (Å²) in [5, 5.41) is 23.8. The van der Waals surface area contributed by atoms with Gasteiger partial charge in [-0.2, -0.15) is 15.0 Å². The van der Waals surface area contributed by atoms with Gasteiger partial charge in [0.25, 0.3) is 5.91 Å². The lowest BCUT2D eigenvalue weighted by atomic mass is 10.1. The minimum Gasteiger partial charge on any atom is -0.392 e. The van der Waals surface area contributed by atoms with Crippen LogP contribution >= 0.6 is 0 Å². The molecule has 1 atom stereocenters. The summed E-state index contributed by atoms with van der Waals surface area (Å²) < 4.78 is 0. The minimum atomic E-state index is -0.158. The van der Waals surface area contributed by atoms with E-state index in [1.165, 1.54) is 4.80 Å². The summed E-state index contributed by atoms with van der Waals surface area (Å²) in [5.74, 6) is 0.596. The monoisotopic (exact) mass is 394 g/mol. The number of aliphatic hydroxyl groups is 1. The minimum absolute atomic E-state index is 0.0167. The highest BCUT2D eigenvalue weighted by molar-refractivity contribution is 5.98. The number of carbonyl (C=O) groups is 1. The van der Waals surface area contributed by atoms with Gasteiger partial charge in [0, 0.05) is 18.3 Å². The van der Waals surface area contributed by atoms with Gasteiger partial charge >= 0.3 is 0 Å². The van der Waals surface area contributed by atoms with Crippen molar-refractivity contribution in [3.63, 3.8) is 0 Å². The average Bonchev–Trinajstić information content (AvgIpc) is 3.22. The molecule has 0 spiro atoms. The largest absolute Gasteiger partial charge is 0.392 e. The van der Waals surface area contributed by atoms with Crippen LogP contribution in [0.3, 0.4) is 0 Å². The highest BCUT2D eigenvalue weighted by atomic mass is 16.3. The third-order valence-electron chi connectivity index (χ3n) is 4.66. The van der Waals surface area contributed by atoms with E-state index in [2.05, 4.69) is 25.8 Å². The zero-order chi connectivity index (χ0) is 20.8. The number of carbonyl (C=O) groups excluding carboxylic acids is 1. The molecule has 2 aromatic heterocycles. The number of amides is 1. The Bertz CT molecular complexity index is 971. The Balaban J connectivity index is 1.58. The zero-order valence-corrected chi connectivity index (χ0v) is 16.9. The summed E-state index contributed by atoms with van der Waals surface area (Å²) >= 11 is 0. The standard InChI is InChI=1S/C21H26N6O2/c1-14-4-6-19(27-23-10-11-24-27)18(12-14)21(29)25-15(2)8-9-22-20-7-5-17(13-28)16(3)26-20/h4-7,10-12,15,28H,8-9,13H2,1-3H3,(H,22,26)(H,25,29)/t15-/m1/s1. The van der Waals surface area contributed by atoms with E-state index in [0.717, 1.165) is 29.1 Å². The van der Waals surface area contributed by atoms with Gasteiger partial charge in [-0.1, -0.05) is 17.7 Å². The van der Waals surface area contributed by atoms with Crippen LogP contribution in [0.5, 0.6) is 0 Å². The number of aryl methyl sites for hydroxylation is 2. The molecule has 0 unspecified atom stereocenters. The van der Waals surface area contributed by atoms with E-state index in [-0.39, 0.29) is 18.6 Å². The molecule has 0 aliphatic rings. The van der Waals surface area contributed by atoms with Gasteiger partial charge in [0.05, 0.1) is 30.3 Å². The summed E-state index contributed by atoms with van der Waals surface area (Å²) in [5.41, 5.74) is 3.80. The van der Waals surface area contributed by atoms with Gasteiger partial charge in [-0.25, -0.2) is 4.98 Å². The summed E-state index contributed by atoms with van der Waals surface area (Å²) in [6.07, 6.45) is 3.90. The average molecular weight is 394 g/mol. The molecule has 3 N–H and O–H groups in total. The fourth-order valence-corrected chi connectivity index (χ4v) is 2.99. The Morgan fingerprint density at radius 3 is 2.62 bits per heavy atom. The number of nitrogens with zero attached hydrogens (tertiary/aromatic N) is 4. The Labute approximate surface area is 170 Å². The van der Waals surface area contributed by atoms with E-state index in [0.29, 0.717) is 17.8 Å². The van der Waals surface area contributed by atoms with Crippen LogP contribution in [0.2, 0.25) is 0 Å². The number of benzene rings is 1. The first kappa shape index (κ1) is 20.5. The number of pyridine rings is 1. The number of aliphatic hydroxyl groups excluding tert-OH is 1. The van der Waals surface area contributed by atoms with E-state index in [1.54, 1.807) is 12.4 Å². The van der Waals surface area contributed by atoms with Gasteiger partial charge in [0.2, 0.25) is 0 Å². The van der Waals surface area contributed by atoms with Crippen molar-refractivity contribution in [2.45, 2.75) is 39.8 Å². The van der Waals surface area contributed by atoms with Crippen LogP contribution in [0, 0.1) is 13.8 Å². The Morgan fingerprint density at radius 2 is 1.93 bits per heavy atom. The van der Waals surface area contributed by atoms with Gasteiger partial charge in [-0.3, -0.25) is 4.79 Å². The molecule has 3 rings (SSSR count). The number of rotatable bonds is 8. The van der Waals surface area contributed by atoms with Crippen LogP contribution < -0.4 is 10.6 Å². The molecule has 0 aliphatic carbocycles. The first-order valence-electron chi connectivity index (χ1n) is 9.57. The van der Waals surface area contributed by atoms with Crippen LogP contribution in [-0.4, -0.2) is 43.6 Å². The molecule has 1 aromatic carbocycles. The van der Waals surface area contributed by atoms with E-state index in [9.17, 15) is 9.90 Å². The molecule has 3 aromatic rings. The molecule has 8 heteroatoms. The van der Waals surface area contributed by atoms with Crippen LogP contribution in [0.1, 0.15) is 40.5 Å². The molecule has 2 heterocycles. The van der Waals surface area contributed by atoms with E-state index < -0.39 is 0 Å². The second-order valence-corrected chi connectivity index (χ2v) is 7.03. The van der Waals surface area contributed by atoms with Crippen molar-refractivity contribution < 1.29 is 9.90 Å². The molecule has 1 amide bonds. The van der Waals surface area contributed by atoms with Crippen molar-refractivity contribution in [1.29, 1.82) is 0 Å². The lowest BCUT2D eigenvalue weighted by Crippen LogP contribution is -2.34. The van der Waals surface area contributed by atoms with Crippen molar-refractivity contribution in [3.8, 4) is 5.69 Å². The lowest BCUT2D eigenvalue weighted by Gasteiger charge is -2.16. The second-order valence-electron chi connectivity index (χ2n) is 7.03. The molecule has 0 fully saturated rings. The SMILES string of the molecule is Cc1ccc(-n2nccn2)c(C(=O)N[C@H](C)CCNc2ccc(CO)c(C)n2)c1. The maximum absolute atomic E-state index is 12.8. The van der Waals surface area contributed by atoms with Crippen molar-refractivity contribution in [1.82, 2.24) is 25.3 Å². The van der Waals surface area contributed by atoms with Crippen molar-refractivity contribution >= 4 is 11.7 Å². The van der Waals surface area contributed by atoms with Crippen LogP contribution in [-0.2, 0) is 6.61 Å². The normalized spacial score (nSPS) is 11.9. The quantitative estimate of drug-likeness (QED) is 0.542. The highest BCUT2D eigenvalue weighted by Gasteiger charge is 2.16. The molecule has 0 radical (unpaired) electrons. The van der Waals surface area contributed by atoms with Gasteiger partial charge in [0.15, 0.2) is 0 Å². The fourth-order valence-electron chi connectivity index (χ4n) is 2.99. The maximum Gasteiger partial charge on any atom is 0.253 e. The molecule has 152 valence electrons. The number of aromatic nitrogens is 4. The third kappa shape index (κ3) is 5.17. The number of hydrogen-bond donors (Lipinski definition) is 3. The molecule has 8 nitrogen and oxygen atoms in total. The third-order valence-corrected chi connectivity index (χ3v) is 4.66. The molecular weight excluding hydrogens is 368 g/mol. The van der Waals surface area contributed by atoms with Crippen LogP contribution in [0.25, 0.3) is 5.69 Å². The van der Waals surface area contributed by atoms with E-state index >= 15 is 0 Å². The predicted octanol–water partition coefficient (Wildman–Crippen LogP) is 2.39. The smallest absolute Gasteiger partial charge is 0.253 e. The fraction of sp³-hybridized carbons (Fsp3) is 0.333. The van der Waals surface area contributed by atoms with E-state index in [4.69, 9.17) is 0 Å². The first-order valence-corrected chi connectivity index (χ1v) is 9.57. The highest BCUT2D eigenvalue weighted by Crippen LogP contribution is 2.16. The molecule has 0 saturated heterocycles. The van der Waals surface area contributed by atoms with Crippen molar-refractivity contribution in [2.75, 3.05) is 11.9 Å². The van der Waals surface area contributed by atoms with Gasteiger partial charge in [-0.15, -0.1) is 0 Å². The zero-order valence-electron chi connectivity index (χ0n) is 16.9. The van der Waals surface area contributed by atoms with Crippen molar-refractivity contribution in [3.05, 3.63) is 65.1 Å². The number of anilines is 1. The molecule has 0 bridgehead atoms. The van der Waals surface area contributed by atoms with Crippen LogP contribution in [0.4, 0.5) is 5.82 Å². The first-order chi connectivity index (χ1) is 14.0. The summed E-state index contributed by atoms with van der Waals surface area (Å²) in [6, 6.07) is 9.29. The number of nitrogens with one attached hydrogen (secondary N) is 2. The Morgan fingerprint density at radius 1 is 1.17 bits per heavy atom. The molecule has 29 heavy (non-hydrogen) atoms. The van der Waals surface area contributed by atoms with Gasteiger partial charge in [0.1, 0.15) is 5.82 Å². The Kier molecular flexibility index (Phi) is 6.56. The van der Waals surface area contributed by atoms with Crippen LogP contribution in [0.15, 0.2) is 42.7 Å². The number of hydrogen-bond acceptors (Lipinski definition) is 6. The predicted molar refractivity (Wildman–Crippen MR) is 111 cm³/mol.